The van der Waals surface area contributed by atoms with Crippen molar-refractivity contribution in [3.05, 3.63) is 139 Å². The smallest absolute Gasteiger partial charge is 0.194 e. The van der Waals surface area contributed by atoms with E-state index in [4.69, 9.17) is 0 Å². The highest BCUT2D eigenvalue weighted by Crippen LogP contribution is 2.28. The van der Waals surface area contributed by atoms with Crippen LogP contribution in [0.3, 0.4) is 0 Å². The summed E-state index contributed by atoms with van der Waals surface area (Å²) in [5.41, 5.74) is 8.78. The first-order valence-corrected chi connectivity index (χ1v) is 11.7. The van der Waals surface area contributed by atoms with Crippen LogP contribution in [0.5, 0.6) is 0 Å². The molecule has 0 atom stereocenters. The zero-order valence-electron chi connectivity index (χ0n) is 19.2. The van der Waals surface area contributed by atoms with E-state index in [-0.39, 0.29) is 0 Å². The monoisotopic (exact) mass is 438 g/mol. The van der Waals surface area contributed by atoms with Crippen molar-refractivity contribution in [3.8, 4) is 22.4 Å². The largest absolute Gasteiger partial charge is 0.218 e. The summed E-state index contributed by atoms with van der Waals surface area (Å²) in [5, 5.41) is 2.56. The minimum Gasteiger partial charge on any atom is -0.194 e. The second kappa shape index (κ2) is 8.57. The highest BCUT2D eigenvalue weighted by Gasteiger charge is 2.20. The zero-order valence-corrected chi connectivity index (χ0v) is 19.2. The first-order valence-electron chi connectivity index (χ1n) is 11.7. The Balaban J connectivity index is 1.54. The normalized spacial score (nSPS) is 11.2. The second-order valence-electron chi connectivity index (χ2n) is 8.80. The Kier molecular flexibility index (Phi) is 5.12. The molecule has 0 aliphatic rings. The molecule has 0 N–H and O–H groups in total. The van der Waals surface area contributed by atoms with Crippen molar-refractivity contribution in [1.82, 2.24) is 0 Å². The Morgan fingerprint density at radius 1 is 0.618 bits per heavy atom. The van der Waals surface area contributed by atoms with Gasteiger partial charge >= 0.3 is 0 Å². The van der Waals surface area contributed by atoms with Gasteiger partial charge in [0, 0.05) is 35.2 Å². The van der Waals surface area contributed by atoms with E-state index in [0.29, 0.717) is 0 Å². The summed E-state index contributed by atoms with van der Waals surface area (Å²) in [5.74, 6) is 0. The van der Waals surface area contributed by atoms with Gasteiger partial charge in [0.05, 0.1) is 10.9 Å². The Bertz CT molecular complexity index is 1630. The highest BCUT2D eigenvalue weighted by molar-refractivity contribution is 5.98. The summed E-state index contributed by atoms with van der Waals surface area (Å²) in [6.07, 6.45) is 6.61. The number of hydrogen-bond acceptors (Lipinski definition) is 0. The molecule has 0 aliphatic heterocycles. The maximum absolute atomic E-state index is 2.36. The van der Waals surface area contributed by atoms with Crippen LogP contribution < -0.4 is 8.97 Å². The van der Waals surface area contributed by atoms with Crippen LogP contribution in [0.15, 0.2) is 128 Å². The van der Waals surface area contributed by atoms with Crippen molar-refractivity contribution in [2.45, 2.75) is 13.5 Å². The van der Waals surface area contributed by atoms with Gasteiger partial charge in [-0.2, -0.15) is 8.97 Å². The van der Waals surface area contributed by atoms with Crippen molar-refractivity contribution in [1.29, 1.82) is 0 Å². The van der Waals surface area contributed by atoms with Gasteiger partial charge in [-0.05, 0) is 47.9 Å². The van der Waals surface area contributed by atoms with Crippen molar-refractivity contribution in [2.75, 3.05) is 0 Å². The average molecular weight is 439 g/mol. The summed E-state index contributed by atoms with van der Waals surface area (Å²) in [4.78, 5) is 0. The molecule has 3 aromatic carbocycles. The molecule has 3 aromatic heterocycles. The van der Waals surface area contributed by atoms with Gasteiger partial charge in [0.2, 0.25) is 11.2 Å². The molecule has 6 rings (SSSR count). The van der Waals surface area contributed by atoms with E-state index in [2.05, 4.69) is 144 Å². The number of aryl methyl sites for hydroxylation is 1. The summed E-state index contributed by atoms with van der Waals surface area (Å²) in [6, 6.07) is 39.0. The lowest BCUT2D eigenvalue weighted by Crippen LogP contribution is -2.37. The fourth-order valence-corrected chi connectivity index (χ4v) is 4.91. The van der Waals surface area contributed by atoms with Gasteiger partial charge in [-0.15, -0.1) is 0 Å². The van der Waals surface area contributed by atoms with E-state index < -0.39 is 0 Å². The zero-order chi connectivity index (χ0) is 22.9. The maximum Gasteiger partial charge on any atom is 0.218 e. The van der Waals surface area contributed by atoms with Crippen molar-refractivity contribution in [3.63, 3.8) is 0 Å². The summed E-state index contributed by atoms with van der Waals surface area (Å²) >= 11 is 0. The third-order valence-electron chi connectivity index (χ3n) is 6.64. The molecule has 0 bridgehead atoms. The third-order valence-corrected chi connectivity index (χ3v) is 6.64. The van der Waals surface area contributed by atoms with E-state index in [1.54, 1.807) is 0 Å². The van der Waals surface area contributed by atoms with Crippen LogP contribution in [0.4, 0.5) is 0 Å². The maximum atomic E-state index is 2.36. The number of rotatable bonds is 4. The lowest BCUT2D eigenvalue weighted by molar-refractivity contribution is -0.678. The van der Waals surface area contributed by atoms with E-state index in [9.17, 15) is 0 Å². The van der Waals surface area contributed by atoms with Crippen molar-refractivity contribution < 1.29 is 8.97 Å². The standard InChI is InChI=1S/C32H26N2/c1-24-11-5-6-14-28(24)31-15-7-9-19-33(31)22-27-23-34-20-10-8-16-32(34)30-21-26(17-18-29(27)30)25-12-3-2-4-13-25/h2-21,23H,22H2,1H3/q+2. The fourth-order valence-electron chi connectivity index (χ4n) is 4.91. The van der Waals surface area contributed by atoms with Crippen molar-refractivity contribution in [2.24, 2.45) is 0 Å². The molecular weight excluding hydrogens is 412 g/mol. The molecule has 34 heavy (non-hydrogen) atoms. The predicted molar refractivity (Wildman–Crippen MR) is 138 cm³/mol. The van der Waals surface area contributed by atoms with Gasteiger partial charge in [0.25, 0.3) is 0 Å². The van der Waals surface area contributed by atoms with Crippen molar-refractivity contribution >= 4 is 16.3 Å². The quantitative estimate of drug-likeness (QED) is 0.218. The van der Waals surface area contributed by atoms with E-state index in [1.807, 2.05) is 0 Å². The van der Waals surface area contributed by atoms with Gasteiger partial charge in [-0.1, -0.05) is 60.7 Å². The number of nitrogens with zero attached hydrogens (tertiary/aromatic N) is 2. The average Bonchev–Trinajstić information content (AvgIpc) is 2.90. The molecule has 2 nitrogen and oxygen atoms in total. The Morgan fingerprint density at radius 3 is 2.26 bits per heavy atom. The molecular formula is C32H26N2+2. The number of pyridine rings is 3. The molecule has 0 aliphatic carbocycles. The Morgan fingerprint density at radius 2 is 1.38 bits per heavy atom. The second-order valence-corrected chi connectivity index (χ2v) is 8.80. The minimum absolute atomic E-state index is 0.795. The fraction of sp³-hybridized carbons (Fsp3) is 0.0625. The first-order chi connectivity index (χ1) is 16.8. The molecule has 0 spiro atoms. The molecule has 162 valence electrons. The topological polar surface area (TPSA) is 7.98 Å². The van der Waals surface area contributed by atoms with E-state index in [0.717, 1.165) is 6.54 Å². The molecule has 0 saturated carbocycles. The first kappa shape index (κ1) is 20.3. The molecule has 3 heterocycles. The van der Waals surface area contributed by atoms with Gasteiger partial charge in [-0.25, -0.2) is 0 Å². The van der Waals surface area contributed by atoms with Crippen LogP contribution in [-0.2, 0) is 6.54 Å². The van der Waals surface area contributed by atoms with Gasteiger partial charge in [-0.3, -0.25) is 0 Å². The predicted octanol–water partition coefficient (Wildman–Crippen LogP) is 6.56. The molecule has 0 unspecified atom stereocenters. The van der Waals surface area contributed by atoms with Crippen LogP contribution in [0, 0.1) is 6.92 Å². The molecule has 6 aromatic rings. The lowest BCUT2D eigenvalue weighted by Gasteiger charge is -2.09. The summed E-state index contributed by atoms with van der Waals surface area (Å²) in [7, 11) is 0. The van der Waals surface area contributed by atoms with Crippen LogP contribution in [0.25, 0.3) is 38.7 Å². The van der Waals surface area contributed by atoms with Gasteiger partial charge < -0.3 is 0 Å². The molecule has 2 heteroatoms. The van der Waals surface area contributed by atoms with E-state index >= 15 is 0 Å². The lowest BCUT2D eigenvalue weighted by atomic mass is 9.98. The van der Waals surface area contributed by atoms with Crippen LogP contribution in [-0.4, -0.2) is 0 Å². The molecule has 0 fully saturated rings. The number of benzene rings is 3. The van der Waals surface area contributed by atoms with Crippen LogP contribution in [0.2, 0.25) is 0 Å². The minimum atomic E-state index is 0.795. The Labute approximate surface area is 200 Å². The number of hydrogen-bond donors (Lipinski definition) is 0. The highest BCUT2D eigenvalue weighted by atomic mass is 15.0. The van der Waals surface area contributed by atoms with Crippen LogP contribution >= 0.6 is 0 Å². The molecule has 0 amide bonds. The number of fused-ring (bicyclic) bond motifs is 3. The third kappa shape index (κ3) is 3.64. The van der Waals surface area contributed by atoms with Gasteiger partial charge in [0.1, 0.15) is 0 Å². The SMILES string of the molecule is Cc1ccccc1-c1cccc[n+]1Cc1c[n+]2ccccc2c2cc(-c3ccccc3)ccc12. The van der Waals surface area contributed by atoms with E-state index in [1.165, 1.54) is 49.8 Å². The van der Waals surface area contributed by atoms with Gasteiger partial charge in [0.15, 0.2) is 25.1 Å². The molecule has 0 radical (unpaired) electrons. The number of aromatic nitrogens is 2. The van der Waals surface area contributed by atoms with Crippen LogP contribution in [0.1, 0.15) is 11.1 Å². The molecule has 0 saturated heterocycles. The Hall–Kier alpha value is -4.30. The summed E-state index contributed by atoms with van der Waals surface area (Å²) < 4.78 is 4.61. The summed E-state index contributed by atoms with van der Waals surface area (Å²) in [6.45, 7) is 2.97.